The summed E-state index contributed by atoms with van der Waals surface area (Å²) in [5, 5.41) is 3.26. The number of carbonyl (C=O) groups excluding carboxylic acids is 1. The molecular weight excluding hydrogens is 252 g/mol. The van der Waals surface area contributed by atoms with Crippen molar-refractivity contribution in [1.29, 1.82) is 0 Å². The van der Waals surface area contributed by atoms with E-state index in [1.54, 1.807) is 18.2 Å². The van der Waals surface area contributed by atoms with Gasteiger partial charge in [-0.15, -0.1) is 0 Å². The van der Waals surface area contributed by atoms with Crippen LogP contribution in [0.15, 0.2) is 18.2 Å². The molecule has 1 aromatic rings. The average Bonchev–Trinajstić information content (AvgIpc) is 2.85. The van der Waals surface area contributed by atoms with Crippen molar-refractivity contribution in [2.45, 2.75) is 25.4 Å². The van der Waals surface area contributed by atoms with Crippen LogP contribution in [0.1, 0.15) is 29.6 Å². The molecule has 0 aromatic heterocycles. The van der Waals surface area contributed by atoms with Crippen LogP contribution in [-0.2, 0) is 4.74 Å². The monoisotopic (exact) mass is 268 g/mol. The summed E-state index contributed by atoms with van der Waals surface area (Å²) in [6, 6.07) is 4.89. The van der Waals surface area contributed by atoms with Gasteiger partial charge in [0.25, 0.3) is 5.91 Å². The molecule has 1 aliphatic heterocycles. The van der Waals surface area contributed by atoms with Crippen LogP contribution in [0.4, 0.5) is 5.69 Å². The topological polar surface area (TPSA) is 64.4 Å². The van der Waals surface area contributed by atoms with Gasteiger partial charge in [0.2, 0.25) is 0 Å². The van der Waals surface area contributed by atoms with Gasteiger partial charge in [-0.3, -0.25) is 4.79 Å². The number of ether oxygens (including phenoxy) is 1. The molecule has 5 heteroatoms. The highest BCUT2D eigenvalue weighted by atomic mass is 35.5. The van der Waals surface area contributed by atoms with E-state index in [-0.39, 0.29) is 5.91 Å². The Balaban J connectivity index is 1.81. The first-order valence-electron chi connectivity index (χ1n) is 6.11. The molecule has 1 saturated heterocycles. The van der Waals surface area contributed by atoms with Crippen molar-refractivity contribution in [1.82, 2.24) is 5.32 Å². The Bertz CT molecular complexity index is 431. The van der Waals surface area contributed by atoms with E-state index in [4.69, 9.17) is 22.1 Å². The molecule has 0 radical (unpaired) electrons. The molecule has 4 nitrogen and oxygen atoms in total. The van der Waals surface area contributed by atoms with Crippen LogP contribution >= 0.6 is 11.6 Å². The summed E-state index contributed by atoms with van der Waals surface area (Å²) in [4.78, 5) is 11.8. The van der Waals surface area contributed by atoms with Gasteiger partial charge in [-0.25, -0.2) is 0 Å². The fourth-order valence-electron chi connectivity index (χ4n) is 1.99. The Labute approximate surface area is 111 Å². The van der Waals surface area contributed by atoms with Crippen molar-refractivity contribution in [2.24, 2.45) is 0 Å². The highest BCUT2D eigenvalue weighted by Gasteiger charge is 2.15. The second kappa shape index (κ2) is 6.07. The third kappa shape index (κ3) is 3.37. The second-order valence-electron chi connectivity index (χ2n) is 4.42. The normalized spacial score (nSPS) is 18.8. The van der Waals surface area contributed by atoms with Crippen molar-refractivity contribution < 1.29 is 9.53 Å². The maximum absolute atomic E-state index is 11.8. The minimum absolute atomic E-state index is 0.130. The number of amides is 1. The maximum atomic E-state index is 11.8. The number of nitrogens with one attached hydrogen (secondary N) is 1. The summed E-state index contributed by atoms with van der Waals surface area (Å²) in [7, 11) is 0. The SMILES string of the molecule is Nc1ccc(C(=O)NCCC2CCCO2)cc1Cl. The molecule has 1 heterocycles. The van der Waals surface area contributed by atoms with E-state index in [0.717, 1.165) is 25.9 Å². The number of rotatable bonds is 4. The van der Waals surface area contributed by atoms with E-state index >= 15 is 0 Å². The number of hydrogen-bond donors (Lipinski definition) is 2. The Morgan fingerprint density at radius 3 is 3.06 bits per heavy atom. The molecule has 98 valence electrons. The van der Waals surface area contributed by atoms with Gasteiger partial charge in [0.15, 0.2) is 0 Å². The standard InChI is InChI=1S/C13H17ClN2O2/c14-11-8-9(3-4-12(11)15)13(17)16-6-5-10-2-1-7-18-10/h3-4,8,10H,1-2,5-7,15H2,(H,16,17). The molecule has 0 bridgehead atoms. The predicted octanol–water partition coefficient (Wildman–Crippen LogP) is 2.22. The van der Waals surface area contributed by atoms with Crippen LogP contribution in [0.25, 0.3) is 0 Å². The van der Waals surface area contributed by atoms with Gasteiger partial charge in [-0.05, 0) is 37.5 Å². The summed E-state index contributed by atoms with van der Waals surface area (Å²) in [5.74, 6) is -0.130. The average molecular weight is 269 g/mol. The van der Waals surface area contributed by atoms with Crippen molar-refractivity contribution in [2.75, 3.05) is 18.9 Å². The zero-order chi connectivity index (χ0) is 13.0. The lowest BCUT2D eigenvalue weighted by Gasteiger charge is -2.10. The van der Waals surface area contributed by atoms with Gasteiger partial charge in [0.05, 0.1) is 16.8 Å². The van der Waals surface area contributed by atoms with Crippen LogP contribution in [-0.4, -0.2) is 25.2 Å². The number of nitrogen functional groups attached to an aromatic ring is 1. The highest BCUT2D eigenvalue weighted by Crippen LogP contribution is 2.19. The number of halogens is 1. The number of hydrogen-bond acceptors (Lipinski definition) is 3. The lowest BCUT2D eigenvalue weighted by Crippen LogP contribution is -2.27. The smallest absolute Gasteiger partial charge is 0.251 e. The molecular formula is C13H17ClN2O2. The Morgan fingerprint density at radius 2 is 2.39 bits per heavy atom. The minimum atomic E-state index is -0.130. The molecule has 1 fully saturated rings. The van der Waals surface area contributed by atoms with Gasteiger partial charge < -0.3 is 15.8 Å². The number of carbonyl (C=O) groups is 1. The minimum Gasteiger partial charge on any atom is -0.398 e. The van der Waals surface area contributed by atoms with E-state index < -0.39 is 0 Å². The van der Waals surface area contributed by atoms with E-state index in [9.17, 15) is 4.79 Å². The lowest BCUT2D eigenvalue weighted by atomic mass is 10.1. The molecule has 1 unspecified atom stereocenters. The first-order chi connectivity index (χ1) is 8.66. The van der Waals surface area contributed by atoms with Crippen LogP contribution < -0.4 is 11.1 Å². The van der Waals surface area contributed by atoms with Gasteiger partial charge >= 0.3 is 0 Å². The molecule has 2 rings (SSSR count). The number of nitrogens with two attached hydrogens (primary N) is 1. The first kappa shape index (κ1) is 13.2. The van der Waals surface area contributed by atoms with Gasteiger partial charge in [0.1, 0.15) is 0 Å². The molecule has 1 aromatic carbocycles. The molecule has 1 aliphatic rings. The Kier molecular flexibility index (Phi) is 4.44. The summed E-state index contributed by atoms with van der Waals surface area (Å²) in [6.07, 6.45) is 3.35. The molecule has 3 N–H and O–H groups in total. The predicted molar refractivity (Wildman–Crippen MR) is 71.8 cm³/mol. The van der Waals surface area contributed by atoms with E-state index in [1.807, 2.05) is 0 Å². The first-order valence-corrected chi connectivity index (χ1v) is 6.49. The fraction of sp³-hybridized carbons (Fsp3) is 0.462. The summed E-state index contributed by atoms with van der Waals surface area (Å²) in [6.45, 7) is 1.46. The quantitative estimate of drug-likeness (QED) is 0.823. The van der Waals surface area contributed by atoms with Gasteiger partial charge in [-0.2, -0.15) is 0 Å². The third-order valence-electron chi connectivity index (χ3n) is 3.04. The Hall–Kier alpha value is -1.26. The molecule has 1 atom stereocenters. The number of benzene rings is 1. The Morgan fingerprint density at radius 1 is 1.56 bits per heavy atom. The molecule has 0 aliphatic carbocycles. The van der Waals surface area contributed by atoms with Crippen molar-refractivity contribution in [3.8, 4) is 0 Å². The zero-order valence-corrected chi connectivity index (χ0v) is 10.9. The largest absolute Gasteiger partial charge is 0.398 e. The summed E-state index contributed by atoms with van der Waals surface area (Å²) < 4.78 is 5.49. The maximum Gasteiger partial charge on any atom is 0.251 e. The summed E-state index contributed by atoms with van der Waals surface area (Å²) >= 11 is 5.87. The van der Waals surface area contributed by atoms with Crippen LogP contribution in [0.2, 0.25) is 5.02 Å². The van der Waals surface area contributed by atoms with Crippen LogP contribution in [0.5, 0.6) is 0 Å². The van der Waals surface area contributed by atoms with Crippen LogP contribution in [0, 0.1) is 0 Å². The van der Waals surface area contributed by atoms with E-state index in [0.29, 0.717) is 28.9 Å². The van der Waals surface area contributed by atoms with Gasteiger partial charge in [-0.1, -0.05) is 11.6 Å². The number of anilines is 1. The van der Waals surface area contributed by atoms with E-state index in [2.05, 4.69) is 5.32 Å². The van der Waals surface area contributed by atoms with Crippen molar-refractivity contribution in [3.63, 3.8) is 0 Å². The van der Waals surface area contributed by atoms with E-state index in [1.165, 1.54) is 0 Å². The fourth-order valence-corrected chi connectivity index (χ4v) is 2.17. The lowest BCUT2D eigenvalue weighted by molar-refractivity contribution is 0.0907. The second-order valence-corrected chi connectivity index (χ2v) is 4.82. The molecule has 0 saturated carbocycles. The molecule has 18 heavy (non-hydrogen) atoms. The molecule has 0 spiro atoms. The molecule has 1 amide bonds. The van der Waals surface area contributed by atoms with Gasteiger partial charge in [0, 0.05) is 18.7 Å². The highest BCUT2D eigenvalue weighted by molar-refractivity contribution is 6.33. The zero-order valence-electron chi connectivity index (χ0n) is 10.1. The van der Waals surface area contributed by atoms with Crippen molar-refractivity contribution >= 4 is 23.2 Å². The van der Waals surface area contributed by atoms with Crippen molar-refractivity contribution in [3.05, 3.63) is 28.8 Å². The summed E-state index contributed by atoms with van der Waals surface area (Å²) in [5.41, 5.74) is 6.60. The third-order valence-corrected chi connectivity index (χ3v) is 3.37. The van der Waals surface area contributed by atoms with Crippen LogP contribution in [0.3, 0.4) is 0 Å².